The molecule has 1 saturated heterocycles. The van der Waals surface area contributed by atoms with Gasteiger partial charge < -0.3 is 14.0 Å². The van der Waals surface area contributed by atoms with E-state index in [4.69, 9.17) is 9.47 Å². The van der Waals surface area contributed by atoms with Crippen LogP contribution < -0.4 is 0 Å². The Balaban J connectivity index is 1.91. The molecule has 2 unspecified atom stereocenters. The minimum atomic E-state index is -0.0505. The Labute approximate surface area is 90.2 Å². The average Bonchev–Trinajstić information content (AvgIpc) is 2.66. The standard InChI is InChI=1S/C11H18N2O2/c1-9(11-12-6-7-13(11)2)15-10-5-3-4-8-14-10/h6-7,9-10H,3-5,8H2,1-2H3. The number of rotatable bonds is 3. The molecule has 4 heteroatoms. The van der Waals surface area contributed by atoms with E-state index in [-0.39, 0.29) is 12.4 Å². The summed E-state index contributed by atoms with van der Waals surface area (Å²) in [5.74, 6) is 0.948. The molecule has 0 N–H and O–H groups in total. The maximum atomic E-state index is 5.81. The van der Waals surface area contributed by atoms with Gasteiger partial charge in [0.1, 0.15) is 11.9 Å². The molecular formula is C11H18N2O2. The Morgan fingerprint density at radius 3 is 3.07 bits per heavy atom. The van der Waals surface area contributed by atoms with Gasteiger partial charge in [0.15, 0.2) is 6.29 Å². The van der Waals surface area contributed by atoms with E-state index in [2.05, 4.69) is 4.98 Å². The summed E-state index contributed by atoms with van der Waals surface area (Å²) in [7, 11) is 1.98. The number of imidazole rings is 1. The summed E-state index contributed by atoms with van der Waals surface area (Å²) in [6.07, 6.45) is 7.00. The van der Waals surface area contributed by atoms with Crippen molar-refractivity contribution in [2.75, 3.05) is 6.61 Å². The van der Waals surface area contributed by atoms with Crippen LogP contribution in [0.3, 0.4) is 0 Å². The molecule has 1 aliphatic rings. The van der Waals surface area contributed by atoms with Crippen molar-refractivity contribution in [2.24, 2.45) is 7.05 Å². The van der Waals surface area contributed by atoms with E-state index in [1.54, 1.807) is 6.20 Å². The maximum Gasteiger partial charge on any atom is 0.158 e. The average molecular weight is 210 g/mol. The fraction of sp³-hybridized carbons (Fsp3) is 0.727. The van der Waals surface area contributed by atoms with Crippen molar-refractivity contribution in [2.45, 2.75) is 38.6 Å². The summed E-state index contributed by atoms with van der Waals surface area (Å²) in [6.45, 7) is 2.83. The molecule has 15 heavy (non-hydrogen) atoms. The summed E-state index contributed by atoms with van der Waals surface area (Å²) in [5.41, 5.74) is 0. The number of aryl methyl sites for hydroxylation is 1. The lowest BCUT2D eigenvalue weighted by atomic mass is 10.2. The Morgan fingerprint density at radius 1 is 1.60 bits per heavy atom. The second-order valence-electron chi connectivity index (χ2n) is 3.97. The van der Waals surface area contributed by atoms with Crippen LogP contribution >= 0.6 is 0 Å². The van der Waals surface area contributed by atoms with Gasteiger partial charge in [0.25, 0.3) is 0 Å². The number of hydrogen-bond donors (Lipinski definition) is 0. The molecule has 2 rings (SSSR count). The molecule has 1 aliphatic heterocycles. The van der Waals surface area contributed by atoms with E-state index < -0.39 is 0 Å². The largest absolute Gasteiger partial charge is 0.353 e. The van der Waals surface area contributed by atoms with Gasteiger partial charge in [-0.15, -0.1) is 0 Å². The smallest absolute Gasteiger partial charge is 0.158 e. The third-order valence-electron chi connectivity index (χ3n) is 2.72. The minimum absolute atomic E-state index is 0.00639. The number of hydrogen-bond acceptors (Lipinski definition) is 3. The van der Waals surface area contributed by atoms with Crippen molar-refractivity contribution in [1.29, 1.82) is 0 Å². The highest BCUT2D eigenvalue weighted by molar-refractivity contribution is 4.94. The second kappa shape index (κ2) is 4.77. The van der Waals surface area contributed by atoms with E-state index in [0.717, 1.165) is 25.3 Å². The van der Waals surface area contributed by atoms with Crippen LogP contribution in [0.25, 0.3) is 0 Å². The topological polar surface area (TPSA) is 36.3 Å². The van der Waals surface area contributed by atoms with Gasteiger partial charge in [0, 0.05) is 26.0 Å². The predicted octanol–water partition coefficient (Wildman–Crippen LogP) is 2.02. The van der Waals surface area contributed by atoms with E-state index in [0.29, 0.717) is 0 Å². The Bertz CT molecular complexity index is 305. The summed E-state index contributed by atoms with van der Waals surface area (Å²) in [5, 5.41) is 0. The highest BCUT2D eigenvalue weighted by Gasteiger charge is 2.19. The monoisotopic (exact) mass is 210 g/mol. The molecule has 0 amide bonds. The Hall–Kier alpha value is -0.870. The van der Waals surface area contributed by atoms with Crippen molar-refractivity contribution in [3.8, 4) is 0 Å². The van der Waals surface area contributed by atoms with E-state index in [9.17, 15) is 0 Å². The molecule has 0 radical (unpaired) electrons. The first-order valence-corrected chi connectivity index (χ1v) is 5.51. The van der Waals surface area contributed by atoms with Crippen molar-refractivity contribution >= 4 is 0 Å². The molecule has 1 aromatic heterocycles. The van der Waals surface area contributed by atoms with E-state index >= 15 is 0 Å². The van der Waals surface area contributed by atoms with Gasteiger partial charge in [-0.3, -0.25) is 0 Å². The van der Waals surface area contributed by atoms with Gasteiger partial charge in [-0.05, 0) is 26.2 Å². The molecule has 0 aromatic carbocycles. The molecular weight excluding hydrogens is 192 g/mol. The predicted molar refractivity (Wildman–Crippen MR) is 56.3 cm³/mol. The molecule has 1 fully saturated rings. The van der Waals surface area contributed by atoms with E-state index in [1.807, 2.05) is 24.7 Å². The van der Waals surface area contributed by atoms with Crippen molar-refractivity contribution in [1.82, 2.24) is 9.55 Å². The van der Waals surface area contributed by atoms with Crippen molar-refractivity contribution in [3.05, 3.63) is 18.2 Å². The zero-order valence-corrected chi connectivity index (χ0v) is 9.35. The Morgan fingerprint density at radius 2 is 2.47 bits per heavy atom. The highest BCUT2D eigenvalue weighted by atomic mass is 16.7. The van der Waals surface area contributed by atoms with Gasteiger partial charge >= 0.3 is 0 Å². The van der Waals surface area contributed by atoms with Gasteiger partial charge in [0.05, 0.1) is 0 Å². The second-order valence-corrected chi connectivity index (χ2v) is 3.97. The molecule has 4 nitrogen and oxygen atoms in total. The molecule has 2 heterocycles. The van der Waals surface area contributed by atoms with Gasteiger partial charge in [0.2, 0.25) is 0 Å². The number of ether oxygens (including phenoxy) is 2. The van der Waals surface area contributed by atoms with Crippen molar-refractivity contribution in [3.63, 3.8) is 0 Å². The van der Waals surface area contributed by atoms with Crippen LogP contribution in [0.4, 0.5) is 0 Å². The minimum Gasteiger partial charge on any atom is -0.353 e. The molecule has 0 bridgehead atoms. The van der Waals surface area contributed by atoms with Crippen LogP contribution in [0.1, 0.15) is 38.1 Å². The molecule has 84 valence electrons. The lowest BCUT2D eigenvalue weighted by molar-refractivity contribution is -0.187. The van der Waals surface area contributed by atoms with E-state index in [1.165, 1.54) is 6.42 Å². The summed E-state index contributed by atoms with van der Waals surface area (Å²) in [4.78, 5) is 4.26. The molecule has 1 aromatic rings. The third kappa shape index (κ3) is 2.58. The van der Waals surface area contributed by atoms with Gasteiger partial charge in [-0.25, -0.2) is 4.98 Å². The van der Waals surface area contributed by atoms with Crippen LogP contribution in [0, 0.1) is 0 Å². The van der Waals surface area contributed by atoms with Crippen LogP contribution in [-0.4, -0.2) is 22.4 Å². The summed E-state index contributed by atoms with van der Waals surface area (Å²) in [6, 6.07) is 0. The summed E-state index contributed by atoms with van der Waals surface area (Å²) >= 11 is 0. The zero-order chi connectivity index (χ0) is 10.7. The first kappa shape index (κ1) is 10.6. The lowest BCUT2D eigenvalue weighted by Crippen LogP contribution is -2.24. The quantitative estimate of drug-likeness (QED) is 0.765. The fourth-order valence-electron chi connectivity index (χ4n) is 1.88. The molecule has 2 atom stereocenters. The Kier molecular flexibility index (Phi) is 3.38. The number of nitrogens with zero attached hydrogens (tertiary/aromatic N) is 2. The zero-order valence-electron chi connectivity index (χ0n) is 9.35. The molecule has 0 saturated carbocycles. The van der Waals surface area contributed by atoms with Crippen LogP contribution in [0.15, 0.2) is 12.4 Å². The lowest BCUT2D eigenvalue weighted by Gasteiger charge is -2.25. The normalized spacial score (nSPS) is 24.0. The SMILES string of the molecule is CC(OC1CCCCO1)c1nccn1C. The first-order valence-electron chi connectivity index (χ1n) is 5.51. The maximum absolute atomic E-state index is 5.81. The van der Waals surface area contributed by atoms with Gasteiger partial charge in [-0.1, -0.05) is 0 Å². The van der Waals surface area contributed by atoms with Crippen LogP contribution in [0.5, 0.6) is 0 Å². The highest BCUT2D eigenvalue weighted by Crippen LogP contribution is 2.21. The fourth-order valence-corrected chi connectivity index (χ4v) is 1.88. The van der Waals surface area contributed by atoms with Gasteiger partial charge in [-0.2, -0.15) is 0 Å². The van der Waals surface area contributed by atoms with Crippen molar-refractivity contribution < 1.29 is 9.47 Å². The summed E-state index contributed by atoms with van der Waals surface area (Å²) < 4.78 is 13.3. The molecule has 0 spiro atoms. The van der Waals surface area contributed by atoms with Crippen LogP contribution in [-0.2, 0) is 16.5 Å². The third-order valence-corrected chi connectivity index (χ3v) is 2.72. The first-order chi connectivity index (χ1) is 7.27. The van der Waals surface area contributed by atoms with Crippen LogP contribution in [0.2, 0.25) is 0 Å². The number of aromatic nitrogens is 2. The molecule has 0 aliphatic carbocycles.